The quantitative estimate of drug-likeness (QED) is 0.547. The first-order valence-electron chi connectivity index (χ1n) is 4.13. The van der Waals surface area contributed by atoms with Gasteiger partial charge in [0.2, 0.25) is 7.37 Å². The van der Waals surface area contributed by atoms with Gasteiger partial charge in [0.15, 0.2) is 0 Å². The van der Waals surface area contributed by atoms with E-state index < -0.39 is 19.3 Å². The van der Waals surface area contributed by atoms with Gasteiger partial charge < -0.3 is 15.7 Å². The highest BCUT2D eigenvalue weighted by Gasteiger charge is 2.24. The van der Waals surface area contributed by atoms with E-state index in [-0.39, 0.29) is 12.3 Å². The van der Waals surface area contributed by atoms with Crippen LogP contribution in [0.15, 0.2) is 0 Å². The highest BCUT2D eigenvalue weighted by atomic mass is 31.2. The van der Waals surface area contributed by atoms with E-state index in [1.165, 1.54) is 6.92 Å². The fourth-order valence-corrected chi connectivity index (χ4v) is 2.81. The third-order valence-electron chi connectivity index (χ3n) is 1.69. The Kier molecular flexibility index (Phi) is 5.21. The van der Waals surface area contributed by atoms with Gasteiger partial charge in [-0.15, -0.1) is 0 Å². The van der Waals surface area contributed by atoms with Crippen molar-refractivity contribution in [2.24, 2.45) is 11.7 Å². The topological polar surface area (TPSA) is 101 Å². The molecular weight excluding hydrogens is 193 g/mol. The molecule has 0 rings (SSSR count). The maximum atomic E-state index is 11.3. The molecule has 0 heterocycles. The predicted octanol–water partition coefficient (Wildman–Crippen LogP) is 0.326. The van der Waals surface area contributed by atoms with E-state index >= 15 is 0 Å². The molecule has 0 fully saturated rings. The molecule has 13 heavy (non-hydrogen) atoms. The first-order chi connectivity index (χ1) is 5.89. The summed E-state index contributed by atoms with van der Waals surface area (Å²) in [5.74, 6) is -1.81. The molecule has 4 N–H and O–H groups in total. The molecule has 0 bridgehead atoms. The van der Waals surface area contributed by atoms with Gasteiger partial charge in [0.1, 0.15) is 0 Å². The van der Waals surface area contributed by atoms with Gasteiger partial charge in [0.05, 0.1) is 5.92 Å². The van der Waals surface area contributed by atoms with Gasteiger partial charge in [0.25, 0.3) is 0 Å². The molecule has 0 radical (unpaired) electrons. The van der Waals surface area contributed by atoms with Crippen LogP contribution in [0.2, 0.25) is 0 Å². The maximum Gasteiger partial charge on any atom is 0.306 e. The second kappa shape index (κ2) is 5.37. The number of rotatable bonds is 6. The third-order valence-corrected chi connectivity index (χ3v) is 3.83. The Labute approximate surface area is 77.4 Å². The van der Waals surface area contributed by atoms with Crippen molar-refractivity contribution in [1.82, 2.24) is 0 Å². The van der Waals surface area contributed by atoms with Crippen molar-refractivity contribution < 1.29 is 19.4 Å². The summed E-state index contributed by atoms with van der Waals surface area (Å²) in [6.45, 7) is 1.78. The summed E-state index contributed by atoms with van der Waals surface area (Å²) in [5, 5.41) is 8.51. The van der Waals surface area contributed by atoms with Crippen molar-refractivity contribution >= 4 is 13.3 Å². The van der Waals surface area contributed by atoms with Crippen molar-refractivity contribution in [1.29, 1.82) is 0 Å². The molecule has 0 aromatic heterocycles. The Hall–Kier alpha value is -0.380. The number of carboxylic acid groups (broad SMARTS) is 1. The molecule has 0 amide bonds. The summed E-state index contributed by atoms with van der Waals surface area (Å²) in [6.07, 6.45) is 0.406. The lowest BCUT2D eigenvalue weighted by Crippen LogP contribution is -2.15. The summed E-state index contributed by atoms with van der Waals surface area (Å²) in [5.41, 5.74) is 5.18. The van der Waals surface area contributed by atoms with Gasteiger partial charge in [-0.3, -0.25) is 9.36 Å². The van der Waals surface area contributed by atoms with Crippen LogP contribution in [0.25, 0.3) is 0 Å². The zero-order chi connectivity index (χ0) is 10.5. The van der Waals surface area contributed by atoms with Crippen molar-refractivity contribution in [3.05, 3.63) is 0 Å². The molecule has 5 nitrogen and oxygen atoms in total. The summed E-state index contributed by atoms with van der Waals surface area (Å²) in [4.78, 5) is 19.7. The average molecular weight is 209 g/mol. The largest absolute Gasteiger partial charge is 0.481 e. The Morgan fingerprint density at radius 2 is 2.15 bits per heavy atom. The lowest BCUT2D eigenvalue weighted by Gasteiger charge is -2.13. The molecule has 0 aliphatic heterocycles. The van der Waals surface area contributed by atoms with E-state index in [0.29, 0.717) is 13.0 Å². The van der Waals surface area contributed by atoms with E-state index in [1.54, 1.807) is 0 Å². The van der Waals surface area contributed by atoms with Crippen molar-refractivity contribution in [2.45, 2.75) is 13.3 Å². The summed E-state index contributed by atoms with van der Waals surface area (Å²) >= 11 is 0. The second-order valence-corrected chi connectivity index (χ2v) is 5.64. The number of nitrogens with two attached hydrogens (primary N) is 1. The van der Waals surface area contributed by atoms with Crippen LogP contribution in [-0.4, -0.2) is 34.8 Å². The van der Waals surface area contributed by atoms with Gasteiger partial charge in [0, 0.05) is 12.3 Å². The first-order valence-corrected chi connectivity index (χ1v) is 6.16. The molecule has 6 heteroatoms. The normalized spacial score (nSPS) is 17.8. The minimum Gasteiger partial charge on any atom is -0.481 e. The van der Waals surface area contributed by atoms with Crippen molar-refractivity contribution in [2.75, 3.05) is 18.9 Å². The molecule has 1 unspecified atom stereocenters. The molecule has 78 valence electrons. The Bertz CT molecular complexity index is 219. The second-order valence-electron chi connectivity index (χ2n) is 3.13. The standard InChI is InChI=1S/C7H16NO4P/c1-6(7(9)10)5-13(11,12)4-2-3-8/h6H,2-5,8H2,1H3,(H,9,10)(H,11,12)/t6-/m0/s1. The highest BCUT2D eigenvalue weighted by molar-refractivity contribution is 7.58. The monoisotopic (exact) mass is 209 g/mol. The van der Waals surface area contributed by atoms with Gasteiger partial charge in [-0.1, -0.05) is 6.92 Å². The van der Waals surface area contributed by atoms with Crippen LogP contribution in [-0.2, 0) is 9.36 Å². The van der Waals surface area contributed by atoms with Crippen LogP contribution in [0.4, 0.5) is 0 Å². The molecule has 0 aliphatic carbocycles. The maximum absolute atomic E-state index is 11.3. The molecule has 0 aromatic carbocycles. The predicted molar refractivity (Wildman–Crippen MR) is 50.0 cm³/mol. The van der Waals surface area contributed by atoms with E-state index in [9.17, 15) is 14.3 Å². The number of carbonyl (C=O) groups is 1. The summed E-state index contributed by atoms with van der Waals surface area (Å²) < 4.78 is 11.3. The summed E-state index contributed by atoms with van der Waals surface area (Å²) in [6, 6.07) is 0. The summed E-state index contributed by atoms with van der Waals surface area (Å²) in [7, 11) is -3.28. The van der Waals surface area contributed by atoms with Crippen molar-refractivity contribution in [3.8, 4) is 0 Å². The number of aliphatic carboxylic acids is 1. The van der Waals surface area contributed by atoms with Crippen LogP contribution in [0, 0.1) is 5.92 Å². The fraction of sp³-hybridized carbons (Fsp3) is 0.857. The molecule has 0 saturated heterocycles. The van der Waals surface area contributed by atoms with Crippen LogP contribution < -0.4 is 5.73 Å². The average Bonchev–Trinajstić information content (AvgIpc) is 2.00. The van der Waals surface area contributed by atoms with E-state index in [2.05, 4.69) is 0 Å². The molecule has 0 aromatic rings. The lowest BCUT2D eigenvalue weighted by atomic mass is 10.2. The number of carboxylic acids is 1. The number of hydrogen-bond donors (Lipinski definition) is 3. The van der Waals surface area contributed by atoms with Crippen LogP contribution >= 0.6 is 7.37 Å². The zero-order valence-electron chi connectivity index (χ0n) is 7.64. The first kappa shape index (κ1) is 12.6. The van der Waals surface area contributed by atoms with Gasteiger partial charge in [-0.05, 0) is 13.0 Å². The molecule has 0 saturated carbocycles. The molecule has 0 aliphatic rings. The molecule has 2 atom stereocenters. The Morgan fingerprint density at radius 1 is 1.62 bits per heavy atom. The highest BCUT2D eigenvalue weighted by Crippen LogP contribution is 2.42. The van der Waals surface area contributed by atoms with Gasteiger partial charge >= 0.3 is 5.97 Å². The third kappa shape index (κ3) is 5.80. The van der Waals surface area contributed by atoms with Gasteiger partial charge in [-0.25, -0.2) is 0 Å². The number of hydrogen-bond acceptors (Lipinski definition) is 3. The molecule has 0 spiro atoms. The molecular formula is C7H16NO4P. The van der Waals surface area contributed by atoms with Crippen LogP contribution in [0.3, 0.4) is 0 Å². The van der Waals surface area contributed by atoms with Gasteiger partial charge in [-0.2, -0.15) is 0 Å². The Morgan fingerprint density at radius 3 is 2.54 bits per heavy atom. The smallest absolute Gasteiger partial charge is 0.306 e. The van der Waals surface area contributed by atoms with Crippen LogP contribution in [0.5, 0.6) is 0 Å². The van der Waals surface area contributed by atoms with E-state index in [0.717, 1.165) is 0 Å². The lowest BCUT2D eigenvalue weighted by molar-refractivity contribution is -0.140. The zero-order valence-corrected chi connectivity index (χ0v) is 8.54. The minimum atomic E-state index is -3.28. The Balaban J connectivity index is 4.01. The van der Waals surface area contributed by atoms with E-state index in [4.69, 9.17) is 10.8 Å². The SMILES string of the molecule is C[C@@H](CP(=O)(O)CCCN)C(=O)O. The van der Waals surface area contributed by atoms with Crippen LogP contribution in [0.1, 0.15) is 13.3 Å². The minimum absolute atomic E-state index is 0.112. The van der Waals surface area contributed by atoms with E-state index in [1.807, 2.05) is 0 Å². The fourth-order valence-electron chi connectivity index (χ4n) is 0.936. The van der Waals surface area contributed by atoms with Crippen molar-refractivity contribution in [3.63, 3.8) is 0 Å².